The van der Waals surface area contributed by atoms with Crippen LogP contribution in [0.4, 0.5) is 0 Å². The average Bonchev–Trinajstić information content (AvgIpc) is 3.79. The maximum atomic E-state index is 6.79. The average molecular weight is 692 g/mol. The summed E-state index contributed by atoms with van der Waals surface area (Å²) >= 11 is 0. The molecule has 1 aliphatic heterocycles. The third-order valence-electron chi connectivity index (χ3n) is 11.0. The number of aromatic nitrogens is 3. The van der Waals surface area contributed by atoms with Crippen LogP contribution in [-0.4, -0.2) is 20.6 Å². The molecule has 0 saturated carbocycles. The number of benzene rings is 7. The van der Waals surface area contributed by atoms with Crippen LogP contribution in [0.15, 0.2) is 188 Å². The van der Waals surface area contributed by atoms with E-state index in [1.54, 1.807) is 0 Å². The Kier molecular flexibility index (Phi) is 6.96. The summed E-state index contributed by atoms with van der Waals surface area (Å²) in [5.41, 5.74) is 13.3. The highest BCUT2D eigenvalue weighted by molar-refractivity contribution is 6.11. The van der Waals surface area contributed by atoms with Gasteiger partial charge in [-0.15, -0.1) is 0 Å². The van der Waals surface area contributed by atoms with Crippen molar-refractivity contribution in [1.82, 2.24) is 14.5 Å². The van der Waals surface area contributed by atoms with Crippen LogP contribution in [0.3, 0.4) is 0 Å². The lowest BCUT2D eigenvalue weighted by molar-refractivity contribution is 0.271. The van der Waals surface area contributed by atoms with Crippen molar-refractivity contribution in [2.75, 3.05) is 0 Å². The Hall–Kier alpha value is -7.04. The van der Waals surface area contributed by atoms with Crippen LogP contribution >= 0.6 is 0 Å². The van der Waals surface area contributed by atoms with Gasteiger partial charge in [-0.25, -0.2) is 9.97 Å². The minimum atomic E-state index is -0.148. The molecular weight excluding hydrogens is 659 g/mol. The Morgan fingerprint density at radius 3 is 1.78 bits per heavy atom. The summed E-state index contributed by atoms with van der Waals surface area (Å²) in [5.74, 6) is 1.60. The van der Waals surface area contributed by atoms with Crippen molar-refractivity contribution in [2.24, 2.45) is 0 Å². The SMILES string of the molecule is C1=CC2Oc3cc(-n4c5ccc(-c6ccccc6)cc5c5cc(-c6ccccc6)ccc54)ccc3C2C(c2nc(-c3ccccc3)c3ccccc3n2)=C1. The summed E-state index contributed by atoms with van der Waals surface area (Å²) in [4.78, 5) is 10.4. The number of allylic oxidation sites excluding steroid dienone is 2. The summed E-state index contributed by atoms with van der Waals surface area (Å²) in [6, 6.07) is 60.3. The van der Waals surface area contributed by atoms with Crippen molar-refractivity contribution in [3.63, 3.8) is 0 Å². The molecule has 4 nitrogen and oxygen atoms in total. The third kappa shape index (κ3) is 4.91. The van der Waals surface area contributed by atoms with Gasteiger partial charge in [0.15, 0.2) is 5.82 Å². The number of hydrogen-bond donors (Lipinski definition) is 0. The smallest absolute Gasteiger partial charge is 0.157 e. The lowest BCUT2D eigenvalue weighted by atomic mass is 9.84. The Morgan fingerprint density at radius 2 is 1.11 bits per heavy atom. The molecule has 0 N–H and O–H groups in total. The first-order valence-corrected chi connectivity index (χ1v) is 18.5. The van der Waals surface area contributed by atoms with Crippen molar-refractivity contribution in [3.05, 3.63) is 199 Å². The van der Waals surface area contributed by atoms with E-state index in [1.807, 2.05) is 12.1 Å². The zero-order chi connectivity index (χ0) is 35.6. The van der Waals surface area contributed by atoms with Gasteiger partial charge >= 0.3 is 0 Å². The highest BCUT2D eigenvalue weighted by atomic mass is 16.5. The second-order valence-electron chi connectivity index (χ2n) is 14.1. The molecular formula is C50H33N3O. The molecule has 11 rings (SSSR count). The fourth-order valence-electron chi connectivity index (χ4n) is 8.44. The van der Waals surface area contributed by atoms with Crippen molar-refractivity contribution >= 4 is 38.3 Å². The van der Waals surface area contributed by atoms with Gasteiger partial charge in [0.25, 0.3) is 0 Å². The standard InChI is InChI=1S/C50H33N3O/c1-4-13-32(14-5-1)35-23-27-44-41(29-35)42-30-36(33-15-6-2-7-16-33)24-28-45(42)53(44)37-25-26-39-47(31-37)54-46-22-12-20-40(48(39)46)50-51-43-21-11-10-19-38(43)49(52-50)34-17-8-3-9-18-34/h1-31,46,48H. The molecule has 2 unspecified atom stereocenters. The summed E-state index contributed by atoms with van der Waals surface area (Å²) < 4.78 is 9.17. The number of ether oxygens (including phenoxy) is 1. The monoisotopic (exact) mass is 691 g/mol. The Bertz CT molecular complexity index is 2870. The summed E-state index contributed by atoms with van der Waals surface area (Å²) in [6.07, 6.45) is 6.26. The largest absolute Gasteiger partial charge is 0.485 e. The lowest BCUT2D eigenvalue weighted by Crippen LogP contribution is -2.20. The molecule has 1 aliphatic carbocycles. The number of nitrogens with zero attached hydrogens (tertiary/aromatic N) is 3. The topological polar surface area (TPSA) is 39.9 Å². The van der Waals surface area contributed by atoms with Crippen LogP contribution in [0.25, 0.3) is 77.5 Å². The predicted octanol–water partition coefficient (Wildman–Crippen LogP) is 12.2. The second-order valence-corrected chi connectivity index (χ2v) is 14.1. The van der Waals surface area contributed by atoms with Crippen LogP contribution in [-0.2, 0) is 0 Å². The number of fused-ring (bicyclic) bond motifs is 7. The lowest BCUT2D eigenvalue weighted by Gasteiger charge is -2.22. The highest BCUT2D eigenvalue weighted by Crippen LogP contribution is 2.49. The molecule has 2 aliphatic rings. The molecule has 0 spiro atoms. The van der Waals surface area contributed by atoms with Gasteiger partial charge in [-0.05, 0) is 64.7 Å². The zero-order valence-electron chi connectivity index (χ0n) is 29.3. The zero-order valence-corrected chi connectivity index (χ0v) is 29.3. The van der Waals surface area contributed by atoms with Crippen molar-refractivity contribution in [2.45, 2.75) is 12.0 Å². The van der Waals surface area contributed by atoms with Gasteiger partial charge in [-0.2, -0.15) is 0 Å². The molecule has 7 aromatic carbocycles. The minimum Gasteiger partial charge on any atom is -0.485 e. The molecule has 4 heteroatoms. The third-order valence-corrected chi connectivity index (χ3v) is 11.0. The van der Waals surface area contributed by atoms with Gasteiger partial charge in [0.1, 0.15) is 11.9 Å². The predicted molar refractivity (Wildman–Crippen MR) is 221 cm³/mol. The quantitative estimate of drug-likeness (QED) is 0.180. The first-order valence-electron chi connectivity index (χ1n) is 18.5. The van der Waals surface area contributed by atoms with Crippen LogP contribution in [0.5, 0.6) is 5.75 Å². The van der Waals surface area contributed by atoms with E-state index in [-0.39, 0.29) is 12.0 Å². The van der Waals surface area contributed by atoms with Gasteiger partial charge in [0.05, 0.1) is 28.2 Å². The molecule has 2 aromatic heterocycles. The van der Waals surface area contributed by atoms with Gasteiger partial charge in [0, 0.05) is 44.6 Å². The van der Waals surface area contributed by atoms with Crippen molar-refractivity contribution in [1.29, 1.82) is 0 Å². The first kappa shape index (κ1) is 30.6. The van der Waals surface area contributed by atoms with E-state index < -0.39 is 0 Å². The summed E-state index contributed by atoms with van der Waals surface area (Å²) in [5, 5.41) is 3.48. The molecule has 9 aromatic rings. The first-order chi connectivity index (χ1) is 26.8. The Balaban J connectivity index is 1.04. The van der Waals surface area contributed by atoms with Crippen LogP contribution in [0, 0.1) is 0 Å². The van der Waals surface area contributed by atoms with Gasteiger partial charge < -0.3 is 9.30 Å². The highest BCUT2D eigenvalue weighted by Gasteiger charge is 2.39. The van der Waals surface area contributed by atoms with Crippen molar-refractivity contribution < 1.29 is 4.74 Å². The van der Waals surface area contributed by atoms with Crippen LogP contribution < -0.4 is 4.74 Å². The summed E-state index contributed by atoms with van der Waals surface area (Å²) in [7, 11) is 0. The van der Waals surface area contributed by atoms with Crippen LogP contribution in [0.2, 0.25) is 0 Å². The molecule has 0 fully saturated rings. The molecule has 54 heavy (non-hydrogen) atoms. The Morgan fingerprint density at radius 1 is 0.500 bits per heavy atom. The Labute approximate surface area is 313 Å². The van der Waals surface area contributed by atoms with E-state index in [2.05, 4.69) is 181 Å². The molecule has 0 saturated heterocycles. The minimum absolute atomic E-state index is 0.0242. The summed E-state index contributed by atoms with van der Waals surface area (Å²) in [6.45, 7) is 0. The molecule has 2 atom stereocenters. The van der Waals surface area contributed by atoms with E-state index in [1.165, 1.54) is 33.0 Å². The van der Waals surface area contributed by atoms with Crippen LogP contribution in [0.1, 0.15) is 17.3 Å². The number of para-hydroxylation sites is 1. The van der Waals surface area contributed by atoms with Crippen molar-refractivity contribution in [3.8, 4) is 44.9 Å². The van der Waals surface area contributed by atoms with Gasteiger partial charge in [0.2, 0.25) is 0 Å². The number of rotatable bonds is 5. The van der Waals surface area contributed by atoms with E-state index in [9.17, 15) is 0 Å². The van der Waals surface area contributed by atoms with Gasteiger partial charge in [-0.3, -0.25) is 0 Å². The molecule has 254 valence electrons. The molecule has 3 heterocycles. The maximum Gasteiger partial charge on any atom is 0.157 e. The van der Waals surface area contributed by atoms with Gasteiger partial charge in [-0.1, -0.05) is 140 Å². The normalized spacial score (nSPS) is 16.0. The molecule has 0 amide bonds. The van der Waals surface area contributed by atoms with E-state index >= 15 is 0 Å². The van der Waals surface area contributed by atoms with E-state index in [4.69, 9.17) is 14.7 Å². The maximum absolute atomic E-state index is 6.79. The fraction of sp³-hybridized carbons (Fsp3) is 0.0400. The van der Waals surface area contributed by atoms with E-state index in [0.717, 1.165) is 61.6 Å². The molecule has 0 radical (unpaired) electrons. The fourth-order valence-corrected chi connectivity index (χ4v) is 8.44. The second kappa shape index (κ2) is 12.3. The number of hydrogen-bond acceptors (Lipinski definition) is 3. The van der Waals surface area contributed by atoms with E-state index in [0.29, 0.717) is 0 Å². The molecule has 0 bridgehead atoms.